The van der Waals surface area contributed by atoms with Gasteiger partial charge in [-0.2, -0.15) is 0 Å². The van der Waals surface area contributed by atoms with Gasteiger partial charge in [0.05, 0.1) is 0 Å². The Morgan fingerprint density at radius 1 is 1.11 bits per heavy atom. The van der Waals surface area contributed by atoms with Gasteiger partial charge in [-0.05, 0) is 0 Å². The van der Waals surface area contributed by atoms with Gasteiger partial charge in [0, 0.05) is 0 Å². The zero-order valence-corrected chi connectivity index (χ0v) is 8.85. The van der Waals surface area contributed by atoms with Crippen molar-refractivity contribution in [1.82, 2.24) is 0 Å². The molecule has 0 heterocycles. The van der Waals surface area contributed by atoms with Crippen LogP contribution in [-0.2, 0) is 0 Å². The van der Waals surface area contributed by atoms with E-state index in [4.69, 9.17) is 23.2 Å². The monoisotopic (exact) mass is 265 g/mol. The molecule has 45 valence electrons. The third kappa shape index (κ3) is 2.02. The van der Waals surface area contributed by atoms with Crippen molar-refractivity contribution in [3.63, 3.8) is 0 Å². The summed E-state index contributed by atoms with van der Waals surface area (Å²) in [4.78, 5) is 0. The maximum absolute atomic E-state index is 5.70. The molecule has 0 N–H and O–H groups in total. The van der Waals surface area contributed by atoms with Crippen molar-refractivity contribution in [3.05, 3.63) is 28.2 Å². The summed E-state index contributed by atoms with van der Waals surface area (Å²) in [5, 5.41) is 1.27. The van der Waals surface area contributed by atoms with Crippen LogP contribution in [0.2, 0.25) is 10.0 Å². The standard InChI is InChI=1S/C6H3Cl2.Sn/c7-5-3-1-2-4-6(5)8;/h1,3-4H;. The number of hydrogen-bond donors (Lipinski definition) is 0. The molecular weight excluding hydrogens is 262 g/mol. The van der Waals surface area contributed by atoms with E-state index in [1.165, 1.54) is 26.1 Å². The van der Waals surface area contributed by atoms with Crippen LogP contribution < -0.4 is 3.58 Å². The SMILES string of the molecule is Clc1cc[c]([Sn])cc1Cl. The Bertz CT molecular complexity index is 222. The van der Waals surface area contributed by atoms with Crippen molar-refractivity contribution in [3.8, 4) is 0 Å². The minimum absolute atomic E-state index is 0.628. The molecule has 1 aromatic carbocycles. The van der Waals surface area contributed by atoms with Gasteiger partial charge in [0.25, 0.3) is 0 Å². The molecule has 1 aromatic rings. The number of rotatable bonds is 0. The molecule has 0 aliphatic rings. The Morgan fingerprint density at radius 2 is 1.78 bits per heavy atom. The fourth-order valence-corrected chi connectivity index (χ4v) is 1.71. The molecule has 0 fully saturated rings. The van der Waals surface area contributed by atoms with E-state index in [1.807, 2.05) is 18.2 Å². The second-order valence-corrected chi connectivity index (χ2v) is 4.09. The van der Waals surface area contributed by atoms with Crippen LogP contribution in [0.3, 0.4) is 0 Å². The van der Waals surface area contributed by atoms with Crippen LogP contribution in [0.5, 0.6) is 0 Å². The molecule has 0 atom stereocenters. The first-order chi connectivity index (χ1) is 4.20. The molecule has 0 aliphatic heterocycles. The van der Waals surface area contributed by atoms with Gasteiger partial charge in [0.1, 0.15) is 0 Å². The fourth-order valence-electron chi connectivity index (χ4n) is 0.496. The van der Waals surface area contributed by atoms with Crippen LogP contribution in [-0.4, -0.2) is 22.5 Å². The van der Waals surface area contributed by atoms with Crippen molar-refractivity contribution >= 4 is 49.3 Å². The molecule has 0 saturated carbocycles. The zero-order chi connectivity index (χ0) is 6.85. The Labute approximate surface area is 77.2 Å². The third-order valence-electron chi connectivity index (χ3n) is 0.920. The van der Waals surface area contributed by atoms with Crippen LogP contribution in [0.4, 0.5) is 0 Å². The number of halogens is 2. The Morgan fingerprint density at radius 3 is 2.22 bits per heavy atom. The van der Waals surface area contributed by atoms with Gasteiger partial charge in [-0.1, -0.05) is 0 Å². The van der Waals surface area contributed by atoms with Gasteiger partial charge >= 0.3 is 77.6 Å². The molecular formula is C6H3Cl2Sn. The van der Waals surface area contributed by atoms with E-state index in [0.29, 0.717) is 10.0 Å². The van der Waals surface area contributed by atoms with Gasteiger partial charge in [0.15, 0.2) is 0 Å². The number of benzene rings is 1. The predicted octanol–water partition coefficient (Wildman–Crippen LogP) is 1.79. The van der Waals surface area contributed by atoms with Gasteiger partial charge in [-0.15, -0.1) is 0 Å². The van der Waals surface area contributed by atoms with Gasteiger partial charge < -0.3 is 0 Å². The van der Waals surface area contributed by atoms with E-state index in [2.05, 4.69) is 0 Å². The maximum atomic E-state index is 5.70. The van der Waals surface area contributed by atoms with E-state index in [0.717, 1.165) is 0 Å². The van der Waals surface area contributed by atoms with E-state index in [1.54, 1.807) is 0 Å². The summed E-state index contributed by atoms with van der Waals surface area (Å²) in [7, 11) is 0. The molecule has 0 aliphatic carbocycles. The molecule has 1 rings (SSSR count). The number of hydrogen-bond acceptors (Lipinski definition) is 0. The van der Waals surface area contributed by atoms with Crippen LogP contribution in [0, 0.1) is 0 Å². The average molecular weight is 265 g/mol. The molecule has 0 nitrogen and oxygen atoms in total. The normalized spacial score (nSPS) is 9.67. The summed E-state index contributed by atoms with van der Waals surface area (Å²) in [5.74, 6) is 0. The molecule has 3 radical (unpaired) electrons. The first-order valence-corrected chi connectivity index (χ1v) is 4.55. The Balaban J connectivity index is 3.17. The molecule has 3 heteroatoms. The molecule has 0 aromatic heterocycles. The third-order valence-corrected chi connectivity index (χ3v) is 2.55. The van der Waals surface area contributed by atoms with Gasteiger partial charge in [-0.25, -0.2) is 0 Å². The van der Waals surface area contributed by atoms with Crippen LogP contribution in [0.15, 0.2) is 18.2 Å². The quantitative estimate of drug-likeness (QED) is 0.627. The van der Waals surface area contributed by atoms with Crippen molar-refractivity contribution < 1.29 is 0 Å². The summed E-state index contributed by atoms with van der Waals surface area (Å²) in [5.41, 5.74) is 0. The van der Waals surface area contributed by atoms with Crippen LogP contribution in [0.25, 0.3) is 0 Å². The van der Waals surface area contributed by atoms with Crippen molar-refractivity contribution in [2.45, 2.75) is 0 Å². The van der Waals surface area contributed by atoms with E-state index >= 15 is 0 Å². The van der Waals surface area contributed by atoms with Gasteiger partial charge in [0.2, 0.25) is 0 Å². The van der Waals surface area contributed by atoms with Crippen molar-refractivity contribution in [2.75, 3.05) is 0 Å². The van der Waals surface area contributed by atoms with Crippen molar-refractivity contribution in [2.24, 2.45) is 0 Å². The second kappa shape index (κ2) is 3.13. The Hall–Kier alpha value is 0.599. The summed E-state index contributed by atoms with van der Waals surface area (Å²) < 4.78 is 1.22. The molecule has 0 saturated heterocycles. The van der Waals surface area contributed by atoms with E-state index in [-0.39, 0.29) is 0 Å². The average Bonchev–Trinajstić information content (AvgIpc) is 1.80. The van der Waals surface area contributed by atoms with Gasteiger partial charge in [-0.3, -0.25) is 0 Å². The predicted molar refractivity (Wildman–Crippen MR) is 41.9 cm³/mol. The van der Waals surface area contributed by atoms with Crippen molar-refractivity contribution in [1.29, 1.82) is 0 Å². The Kier molecular flexibility index (Phi) is 2.68. The molecule has 0 bridgehead atoms. The second-order valence-electron chi connectivity index (χ2n) is 1.63. The summed E-state index contributed by atoms with van der Waals surface area (Å²) >= 11 is 12.7. The summed E-state index contributed by atoms with van der Waals surface area (Å²) in [6.45, 7) is 0. The molecule has 0 unspecified atom stereocenters. The first kappa shape index (κ1) is 7.70. The topological polar surface area (TPSA) is 0 Å². The summed E-state index contributed by atoms with van der Waals surface area (Å²) in [6.07, 6.45) is 0. The summed E-state index contributed by atoms with van der Waals surface area (Å²) in [6, 6.07) is 5.66. The van der Waals surface area contributed by atoms with Crippen LogP contribution >= 0.6 is 23.2 Å². The zero-order valence-electron chi connectivity index (χ0n) is 4.49. The molecule has 0 amide bonds. The van der Waals surface area contributed by atoms with E-state index in [9.17, 15) is 0 Å². The fraction of sp³-hybridized carbons (Fsp3) is 0. The first-order valence-electron chi connectivity index (χ1n) is 2.37. The minimum atomic E-state index is 0.628. The molecule has 0 spiro atoms. The van der Waals surface area contributed by atoms with Crippen LogP contribution in [0.1, 0.15) is 0 Å². The molecule has 9 heavy (non-hydrogen) atoms. The van der Waals surface area contributed by atoms with E-state index < -0.39 is 0 Å².